The maximum absolute atomic E-state index is 5.62. The second-order valence-corrected chi connectivity index (χ2v) is 4.71. The molecule has 1 aliphatic rings. The van der Waals surface area contributed by atoms with Crippen molar-refractivity contribution in [3.63, 3.8) is 0 Å². The lowest BCUT2D eigenvalue weighted by molar-refractivity contribution is 0.263. The fraction of sp³-hybridized carbons (Fsp3) is 0.667. The molecule has 0 bridgehead atoms. The van der Waals surface area contributed by atoms with Crippen molar-refractivity contribution in [3.8, 4) is 0 Å². The Bertz CT molecular complexity index is 335. The first-order chi connectivity index (χ1) is 7.70. The van der Waals surface area contributed by atoms with Crippen LogP contribution in [0.1, 0.15) is 17.7 Å². The van der Waals surface area contributed by atoms with Crippen LogP contribution in [0.5, 0.6) is 0 Å². The van der Waals surface area contributed by atoms with Gasteiger partial charge in [0.25, 0.3) is 0 Å². The van der Waals surface area contributed by atoms with Crippen LogP contribution in [0.25, 0.3) is 0 Å². The quantitative estimate of drug-likeness (QED) is 0.823. The molecule has 2 N–H and O–H groups in total. The summed E-state index contributed by atoms with van der Waals surface area (Å²) in [5.41, 5.74) is 6.86. The van der Waals surface area contributed by atoms with Crippen molar-refractivity contribution in [2.75, 3.05) is 27.2 Å². The van der Waals surface area contributed by atoms with Crippen LogP contribution in [0.15, 0.2) is 16.7 Å². The maximum atomic E-state index is 5.62. The van der Waals surface area contributed by atoms with Crippen molar-refractivity contribution in [2.45, 2.75) is 25.6 Å². The number of furan rings is 1. The molecule has 16 heavy (non-hydrogen) atoms. The second-order valence-electron chi connectivity index (χ2n) is 4.71. The first-order valence-corrected chi connectivity index (χ1v) is 5.84. The zero-order chi connectivity index (χ0) is 11.5. The van der Waals surface area contributed by atoms with Gasteiger partial charge in [-0.1, -0.05) is 0 Å². The van der Waals surface area contributed by atoms with Crippen LogP contribution in [0, 0.1) is 0 Å². The zero-order valence-corrected chi connectivity index (χ0v) is 10.1. The normalized spacial score (nSPS) is 22.1. The summed E-state index contributed by atoms with van der Waals surface area (Å²) in [7, 11) is 4.30. The van der Waals surface area contributed by atoms with E-state index >= 15 is 0 Å². The molecule has 2 rings (SSSR count). The second kappa shape index (κ2) is 4.99. The molecule has 4 nitrogen and oxygen atoms in total. The SMILES string of the molecule is CN(C)C1CCN(Cc2ccoc2CN)C1. The Hall–Kier alpha value is -0.840. The molecule has 0 amide bonds. The Morgan fingerprint density at radius 3 is 3.00 bits per heavy atom. The number of rotatable bonds is 4. The summed E-state index contributed by atoms with van der Waals surface area (Å²) in [5.74, 6) is 0.924. The minimum absolute atomic E-state index is 0.493. The summed E-state index contributed by atoms with van der Waals surface area (Å²) in [5, 5.41) is 0. The Morgan fingerprint density at radius 2 is 2.38 bits per heavy atom. The van der Waals surface area contributed by atoms with Crippen molar-refractivity contribution in [1.29, 1.82) is 0 Å². The summed E-state index contributed by atoms with van der Waals surface area (Å²) in [6, 6.07) is 2.72. The van der Waals surface area contributed by atoms with Gasteiger partial charge in [0.15, 0.2) is 0 Å². The number of nitrogens with two attached hydrogens (primary N) is 1. The summed E-state index contributed by atoms with van der Waals surface area (Å²) in [6.07, 6.45) is 2.99. The smallest absolute Gasteiger partial charge is 0.121 e. The summed E-state index contributed by atoms with van der Waals surface area (Å²) in [6.45, 7) is 3.76. The van der Waals surface area contributed by atoms with E-state index in [0.29, 0.717) is 12.6 Å². The largest absolute Gasteiger partial charge is 0.468 e. The van der Waals surface area contributed by atoms with Gasteiger partial charge in [-0.05, 0) is 26.6 Å². The van der Waals surface area contributed by atoms with Gasteiger partial charge in [0.1, 0.15) is 5.76 Å². The number of hydrogen-bond donors (Lipinski definition) is 1. The van der Waals surface area contributed by atoms with E-state index < -0.39 is 0 Å². The molecule has 0 radical (unpaired) electrons. The van der Waals surface area contributed by atoms with Crippen molar-refractivity contribution < 1.29 is 4.42 Å². The molecule has 1 saturated heterocycles. The molecule has 1 aromatic heterocycles. The standard InChI is InChI=1S/C12H21N3O/c1-14(2)11-3-5-15(9-11)8-10-4-6-16-12(10)7-13/h4,6,11H,3,5,7-9,13H2,1-2H3. The van der Waals surface area contributed by atoms with Crippen molar-refractivity contribution in [1.82, 2.24) is 9.80 Å². The third kappa shape index (κ3) is 2.45. The predicted octanol–water partition coefficient (Wildman–Crippen LogP) is 0.874. The van der Waals surface area contributed by atoms with Gasteiger partial charge >= 0.3 is 0 Å². The molecule has 4 heteroatoms. The minimum atomic E-state index is 0.493. The Balaban J connectivity index is 1.92. The minimum Gasteiger partial charge on any atom is -0.468 e. The summed E-state index contributed by atoms with van der Waals surface area (Å²) < 4.78 is 5.34. The van der Waals surface area contributed by atoms with E-state index in [2.05, 4.69) is 23.9 Å². The van der Waals surface area contributed by atoms with E-state index in [1.54, 1.807) is 6.26 Å². The highest BCUT2D eigenvalue weighted by molar-refractivity contribution is 5.16. The van der Waals surface area contributed by atoms with Crippen molar-refractivity contribution in [3.05, 3.63) is 23.7 Å². The highest BCUT2D eigenvalue weighted by Gasteiger charge is 2.24. The van der Waals surface area contributed by atoms with Crippen molar-refractivity contribution >= 4 is 0 Å². The van der Waals surface area contributed by atoms with E-state index in [0.717, 1.165) is 25.4 Å². The molecule has 1 aliphatic heterocycles. The van der Waals surface area contributed by atoms with Crippen LogP contribution in [0.3, 0.4) is 0 Å². The molecule has 0 spiro atoms. The lowest BCUT2D eigenvalue weighted by Crippen LogP contribution is -2.31. The average molecular weight is 223 g/mol. The molecule has 1 atom stereocenters. The van der Waals surface area contributed by atoms with Gasteiger partial charge in [-0.2, -0.15) is 0 Å². The highest BCUT2D eigenvalue weighted by Crippen LogP contribution is 2.18. The first kappa shape index (κ1) is 11.6. The average Bonchev–Trinajstić information content (AvgIpc) is 2.87. The fourth-order valence-corrected chi connectivity index (χ4v) is 2.31. The van der Waals surface area contributed by atoms with Gasteiger partial charge in [0.05, 0.1) is 12.8 Å². The van der Waals surface area contributed by atoms with Crippen LogP contribution >= 0.6 is 0 Å². The molecule has 1 aromatic rings. The highest BCUT2D eigenvalue weighted by atomic mass is 16.3. The number of likely N-dealkylation sites (tertiary alicyclic amines) is 1. The monoisotopic (exact) mass is 223 g/mol. The molecule has 0 aliphatic carbocycles. The lowest BCUT2D eigenvalue weighted by atomic mass is 10.2. The molecular formula is C12H21N3O. The van der Waals surface area contributed by atoms with E-state index in [9.17, 15) is 0 Å². The molecular weight excluding hydrogens is 202 g/mol. The number of likely N-dealkylation sites (N-methyl/N-ethyl adjacent to an activating group) is 1. The van der Waals surface area contributed by atoms with Crippen LogP contribution in [0.2, 0.25) is 0 Å². The van der Waals surface area contributed by atoms with Crippen molar-refractivity contribution in [2.24, 2.45) is 5.73 Å². The predicted molar refractivity (Wildman–Crippen MR) is 64.0 cm³/mol. The molecule has 1 fully saturated rings. The topological polar surface area (TPSA) is 45.6 Å². The molecule has 2 heterocycles. The molecule has 90 valence electrons. The van der Waals surface area contributed by atoms with Gasteiger partial charge in [-0.15, -0.1) is 0 Å². The van der Waals surface area contributed by atoms with E-state index in [1.807, 2.05) is 6.07 Å². The Morgan fingerprint density at radius 1 is 1.56 bits per heavy atom. The van der Waals surface area contributed by atoms with Crippen LogP contribution in [-0.2, 0) is 13.1 Å². The third-order valence-electron chi connectivity index (χ3n) is 3.39. The summed E-state index contributed by atoms with van der Waals surface area (Å²) in [4.78, 5) is 4.77. The van der Waals surface area contributed by atoms with Crippen LogP contribution < -0.4 is 5.73 Å². The first-order valence-electron chi connectivity index (χ1n) is 5.84. The van der Waals surface area contributed by atoms with Gasteiger partial charge in [-0.3, -0.25) is 4.90 Å². The molecule has 0 aromatic carbocycles. The fourth-order valence-electron chi connectivity index (χ4n) is 2.31. The molecule has 1 unspecified atom stereocenters. The van der Waals surface area contributed by atoms with Gasteiger partial charge in [-0.25, -0.2) is 0 Å². The Kier molecular flexibility index (Phi) is 3.63. The van der Waals surface area contributed by atoms with Gasteiger partial charge in [0, 0.05) is 31.2 Å². The summed E-state index contributed by atoms with van der Waals surface area (Å²) >= 11 is 0. The Labute approximate surface area is 97.0 Å². The number of nitrogens with zero attached hydrogens (tertiary/aromatic N) is 2. The van der Waals surface area contributed by atoms with Crippen LogP contribution in [0.4, 0.5) is 0 Å². The van der Waals surface area contributed by atoms with Crippen LogP contribution in [-0.4, -0.2) is 43.0 Å². The van der Waals surface area contributed by atoms with Gasteiger partial charge in [0.2, 0.25) is 0 Å². The zero-order valence-electron chi connectivity index (χ0n) is 10.1. The maximum Gasteiger partial charge on any atom is 0.121 e. The van der Waals surface area contributed by atoms with E-state index in [4.69, 9.17) is 10.2 Å². The van der Waals surface area contributed by atoms with E-state index in [1.165, 1.54) is 12.0 Å². The molecule has 0 saturated carbocycles. The van der Waals surface area contributed by atoms with E-state index in [-0.39, 0.29) is 0 Å². The van der Waals surface area contributed by atoms with Gasteiger partial charge < -0.3 is 15.1 Å². The third-order valence-corrected chi connectivity index (χ3v) is 3.39. The number of hydrogen-bond acceptors (Lipinski definition) is 4. The lowest BCUT2D eigenvalue weighted by Gasteiger charge is -2.20.